The molecule has 1 unspecified atom stereocenters. The Labute approximate surface area is 94.8 Å². The van der Waals surface area contributed by atoms with Crippen LogP contribution in [0.1, 0.15) is 6.92 Å². The molecule has 6 heteroatoms. The van der Waals surface area contributed by atoms with Gasteiger partial charge in [0.1, 0.15) is 6.04 Å². The summed E-state index contributed by atoms with van der Waals surface area (Å²) in [7, 11) is 0. The molecule has 0 amide bonds. The van der Waals surface area contributed by atoms with Crippen molar-refractivity contribution in [1.82, 2.24) is 0 Å². The van der Waals surface area contributed by atoms with E-state index in [1.807, 2.05) is 0 Å². The molecule has 1 atom stereocenters. The molecule has 2 rings (SSSR count). The Kier molecular flexibility index (Phi) is 2.77. The zero-order valence-corrected chi connectivity index (χ0v) is 9.56. The minimum absolute atomic E-state index is 0.212. The first kappa shape index (κ1) is 10.2. The largest absolute Gasteiger partial charge is 0.461 e. The molecule has 0 bridgehead atoms. The van der Waals surface area contributed by atoms with Gasteiger partial charge in [-0.3, -0.25) is 4.99 Å². The lowest BCUT2D eigenvalue weighted by atomic mass is 10.1. The highest BCUT2D eigenvalue weighted by Gasteiger charge is 2.27. The van der Waals surface area contributed by atoms with Crippen LogP contribution in [0.15, 0.2) is 26.2 Å². The molecule has 0 aromatic rings. The molecule has 0 fully saturated rings. The molecule has 2 aliphatic heterocycles. The number of fused-ring (bicyclic) bond motifs is 1. The number of hydrogen-bond acceptors (Lipinski definition) is 5. The Bertz CT molecular complexity index is 423. The highest BCUT2D eigenvalue weighted by Crippen LogP contribution is 2.22. The molecule has 2 heterocycles. The molecular weight excluding hydrogens is 262 g/mol. The lowest BCUT2D eigenvalue weighted by Gasteiger charge is -2.08. The van der Waals surface area contributed by atoms with Crippen LogP contribution in [0.5, 0.6) is 0 Å². The zero-order chi connectivity index (χ0) is 10.8. The van der Waals surface area contributed by atoms with E-state index in [0.29, 0.717) is 22.6 Å². The predicted octanol–water partition coefficient (Wildman–Crippen LogP) is 1.09. The maximum absolute atomic E-state index is 11.5. The average molecular weight is 270 g/mol. The Morgan fingerprint density at radius 1 is 1.60 bits per heavy atom. The van der Waals surface area contributed by atoms with E-state index in [-0.39, 0.29) is 6.04 Å². The first-order valence-electron chi connectivity index (χ1n) is 4.45. The van der Waals surface area contributed by atoms with Gasteiger partial charge in [0.25, 0.3) is 0 Å². The fraction of sp³-hybridized carbons (Fsp3) is 0.333. The predicted molar refractivity (Wildman–Crippen MR) is 60.8 cm³/mol. The summed E-state index contributed by atoms with van der Waals surface area (Å²) in [6.07, 6.45) is 3.19. The molecular formula is C9H8BrN3O2. The van der Waals surface area contributed by atoms with Gasteiger partial charge >= 0.3 is 5.97 Å². The van der Waals surface area contributed by atoms with Crippen molar-refractivity contribution in [1.29, 1.82) is 0 Å². The minimum Gasteiger partial charge on any atom is -0.461 e. The number of rotatable bonds is 2. The van der Waals surface area contributed by atoms with Crippen LogP contribution in [0.2, 0.25) is 0 Å². The summed E-state index contributed by atoms with van der Waals surface area (Å²) in [5.74, 6) is -0.425. The maximum atomic E-state index is 11.5. The molecule has 0 aliphatic carbocycles. The third-order valence-electron chi connectivity index (χ3n) is 1.96. The first-order valence-corrected chi connectivity index (χ1v) is 5.24. The van der Waals surface area contributed by atoms with E-state index in [4.69, 9.17) is 4.74 Å². The summed E-state index contributed by atoms with van der Waals surface area (Å²) in [6, 6.07) is -0.212. The van der Waals surface area contributed by atoms with E-state index in [1.54, 1.807) is 19.4 Å². The lowest BCUT2D eigenvalue weighted by molar-refractivity contribution is -0.138. The van der Waals surface area contributed by atoms with Gasteiger partial charge in [-0.1, -0.05) is 0 Å². The molecule has 0 saturated carbocycles. The standard InChI is InChI=1S/C9H8BrN3O2/c1-2-15-8(14)7-5-3-12-9(10)13-6(5)4-11-7/h3-4,6H,2H2,1H3. The number of carbonyl (C=O) groups is 1. The van der Waals surface area contributed by atoms with E-state index >= 15 is 0 Å². The van der Waals surface area contributed by atoms with Crippen LogP contribution in [0.25, 0.3) is 0 Å². The first-order chi connectivity index (χ1) is 7.22. The third-order valence-corrected chi connectivity index (χ3v) is 2.37. The number of carbonyl (C=O) groups excluding carboxylic acids is 1. The van der Waals surface area contributed by atoms with Crippen LogP contribution >= 0.6 is 15.9 Å². The number of hydrogen-bond donors (Lipinski definition) is 0. The number of ether oxygens (including phenoxy) is 1. The van der Waals surface area contributed by atoms with Crippen LogP contribution < -0.4 is 0 Å². The second-order valence-corrected chi connectivity index (χ2v) is 3.61. The molecule has 0 spiro atoms. The van der Waals surface area contributed by atoms with Gasteiger partial charge in [-0.15, -0.1) is 0 Å². The molecule has 0 aromatic carbocycles. The van der Waals surface area contributed by atoms with E-state index in [0.717, 1.165) is 0 Å². The Morgan fingerprint density at radius 3 is 3.13 bits per heavy atom. The van der Waals surface area contributed by atoms with Crippen molar-refractivity contribution < 1.29 is 9.53 Å². The summed E-state index contributed by atoms with van der Waals surface area (Å²) in [6.45, 7) is 2.09. The number of amidine groups is 1. The molecule has 0 saturated heterocycles. The normalized spacial score (nSPS) is 22.8. The van der Waals surface area contributed by atoms with Gasteiger partial charge in [0, 0.05) is 18.0 Å². The lowest BCUT2D eigenvalue weighted by Crippen LogP contribution is -2.16. The van der Waals surface area contributed by atoms with Crippen molar-refractivity contribution in [2.75, 3.05) is 6.61 Å². The van der Waals surface area contributed by atoms with Gasteiger partial charge in [0.2, 0.25) is 0 Å². The zero-order valence-electron chi connectivity index (χ0n) is 7.98. The van der Waals surface area contributed by atoms with Crippen molar-refractivity contribution in [3.63, 3.8) is 0 Å². The number of esters is 1. The Balaban J connectivity index is 2.28. The SMILES string of the molecule is CCOC(=O)C1=C2C=NC(Br)=NC2C=N1. The fourth-order valence-corrected chi connectivity index (χ4v) is 1.64. The van der Waals surface area contributed by atoms with Crippen molar-refractivity contribution in [3.8, 4) is 0 Å². The van der Waals surface area contributed by atoms with E-state index in [1.165, 1.54) is 0 Å². The molecule has 2 aliphatic rings. The molecule has 78 valence electrons. The van der Waals surface area contributed by atoms with E-state index in [2.05, 4.69) is 30.9 Å². The van der Waals surface area contributed by atoms with Crippen molar-refractivity contribution in [3.05, 3.63) is 11.3 Å². The van der Waals surface area contributed by atoms with Crippen LogP contribution in [-0.4, -0.2) is 35.8 Å². The maximum Gasteiger partial charge on any atom is 0.357 e. The molecule has 0 aromatic heterocycles. The van der Waals surface area contributed by atoms with Gasteiger partial charge in [-0.05, 0) is 22.9 Å². The highest BCUT2D eigenvalue weighted by molar-refractivity contribution is 9.18. The van der Waals surface area contributed by atoms with Crippen LogP contribution in [0.4, 0.5) is 0 Å². The van der Waals surface area contributed by atoms with Gasteiger partial charge in [-0.25, -0.2) is 14.8 Å². The molecule has 0 radical (unpaired) electrons. The van der Waals surface area contributed by atoms with Crippen LogP contribution in [0, 0.1) is 0 Å². The van der Waals surface area contributed by atoms with Crippen LogP contribution in [0.3, 0.4) is 0 Å². The second-order valence-electron chi connectivity index (χ2n) is 2.90. The highest BCUT2D eigenvalue weighted by atomic mass is 79.9. The number of nitrogens with zero attached hydrogens (tertiary/aromatic N) is 3. The second kappa shape index (κ2) is 4.06. The van der Waals surface area contributed by atoms with Crippen molar-refractivity contribution in [2.45, 2.75) is 13.0 Å². The molecule has 0 N–H and O–H groups in total. The molecule has 5 nitrogen and oxygen atoms in total. The monoisotopic (exact) mass is 269 g/mol. The number of aliphatic imine (C=N–C) groups is 3. The van der Waals surface area contributed by atoms with E-state index in [9.17, 15) is 4.79 Å². The minimum atomic E-state index is -0.425. The topological polar surface area (TPSA) is 63.4 Å². The summed E-state index contributed by atoms with van der Waals surface area (Å²) in [5.41, 5.74) is 0.992. The van der Waals surface area contributed by atoms with Gasteiger partial charge < -0.3 is 4.74 Å². The quantitative estimate of drug-likeness (QED) is 0.557. The smallest absolute Gasteiger partial charge is 0.357 e. The summed E-state index contributed by atoms with van der Waals surface area (Å²) in [5, 5.41) is 0. The summed E-state index contributed by atoms with van der Waals surface area (Å²) in [4.78, 5) is 23.6. The third kappa shape index (κ3) is 1.90. The molecule has 15 heavy (non-hydrogen) atoms. The van der Waals surface area contributed by atoms with Gasteiger partial charge in [-0.2, -0.15) is 0 Å². The van der Waals surface area contributed by atoms with Gasteiger partial charge in [0.05, 0.1) is 6.61 Å². The summed E-state index contributed by atoms with van der Waals surface area (Å²) < 4.78 is 5.38. The van der Waals surface area contributed by atoms with Gasteiger partial charge in [0.15, 0.2) is 10.4 Å². The number of halogens is 1. The van der Waals surface area contributed by atoms with Crippen LogP contribution in [-0.2, 0) is 9.53 Å². The van der Waals surface area contributed by atoms with E-state index < -0.39 is 5.97 Å². The Morgan fingerprint density at radius 2 is 2.40 bits per heavy atom. The van der Waals surface area contributed by atoms with Crippen molar-refractivity contribution in [2.24, 2.45) is 15.0 Å². The average Bonchev–Trinajstić information content (AvgIpc) is 2.60. The fourth-order valence-electron chi connectivity index (χ4n) is 1.32. The summed E-state index contributed by atoms with van der Waals surface area (Å²) >= 11 is 3.16. The van der Waals surface area contributed by atoms with Crippen molar-refractivity contribution >= 4 is 39.1 Å². The Hall–Kier alpha value is -1.30.